The van der Waals surface area contributed by atoms with Crippen molar-refractivity contribution in [3.63, 3.8) is 0 Å². The zero-order valence-electron chi connectivity index (χ0n) is 13.2. The van der Waals surface area contributed by atoms with Crippen LogP contribution in [0.4, 0.5) is 0 Å². The number of carbonyl (C=O) groups is 1. The lowest BCUT2D eigenvalue weighted by atomic mass is 9.84. The molecule has 5 heteroatoms. The fourth-order valence-corrected chi connectivity index (χ4v) is 3.37. The largest absolute Gasteiger partial charge is 0.392 e. The molecule has 0 aromatic rings. The van der Waals surface area contributed by atoms with Crippen molar-refractivity contribution in [2.24, 2.45) is 17.1 Å². The average molecular weight is 299 g/mol. The maximum Gasteiger partial charge on any atom is 0.233 e. The summed E-state index contributed by atoms with van der Waals surface area (Å²) in [6.45, 7) is 5.19. The van der Waals surface area contributed by atoms with Gasteiger partial charge in [-0.15, -0.1) is 0 Å². The Kier molecular flexibility index (Phi) is 6.40. The molecule has 20 heavy (non-hydrogen) atoms. The van der Waals surface area contributed by atoms with Gasteiger partial charge in [0.15, 0.2) is 0 Å². The van der Waals surface area contributed by atoms with Gasteiger partial charge in [-0.2, -0.15) is 0 Å². The van der Waals surface area contributed by atoms with Gasteiger partial charge in [0.05, 0.1) is 10.4 Å². The van der Waals surface area contributed by atoms with Gasteiger partial charge in [0, 0.05) is 12.6 Å². The summed E-state index contributed by atoms with van der Waals surface area (Å²) in [5, 5.41) is 3.20. The highest BCUT2D eigenvalue weighted by Crippen LogP contribution is 2.38. The van der Waals surface area contributed by atoms with Crippen LogP contribution < -0.4 is 11.1 Å². The second-order valence-electron chi connectivity index (χ2n) is 6.72. The maximum atomic E-state index is 12.7. The van der Waals surface area contributed by atoms with Crippen LogP contribution in [-0.4, -0.2) is 42.5 Å². The summed E-state index contributed by atoms with van der Waals surface area (Å²) in [6.07, 6.45) is 4.63. The molecular formula is C15H29N3OS. The van der Waals surface area contributed by atoms with Crippen LogP contribution in [0.2, 0.25) is 0 Å². The number of carbonyl (C=O) groups excluding carboxylic acids is 1. The van der Waals surface area contributed by atoms with Crippen molar-refractivity contribution in [3.05, 3.63) is 0 Å². The predicted molar refractivity (Wildman–Crippen MR) is 87.6 cm³/mol. The van der Waals surface area contributed by atoms with Crippen LogP contribution in [0.1, 0.15) is 46.0 Å². The number of amides is 1. The monoisotopic (exact) mass is 299 g/mol. The molecule has 1 aliphatic rings. The molecule has 1 aliphatic carbocycles. The second kappa shape index (κ2) is 7.36. The standard InChI is InChI=1S/C15H29N3OS/c1-11(2)9-12(10-18(3)4)17-14(19)15(13(16)20)7-5-6-8-15/h11-12H,5-10H2,1-4H3,(H2,16,20)(H,17,19). The van der Waals surface area contributed by atoms with Crippen LogP contribution in [0.3, 0.4) is 0 Å². The molecule has 0 aliphatic heterocycles. The van der Waals surface area contributed by atoms with E-state index in [1.807, 2.05) is 14.1 Å². The van der Waals surface area contributed by atoms with Crippen LogP contribution in [0.25, 0.3) is 0 Å². The van der Waals surface area contributed by atoms with Crippen molar-refractivity contribution >= 4 is 23.1 Å². The van der Waals surface area contributed by atoms with Crippen LogP contribution in [0, 0.1) is 11.3 Å². The molecule has 1 amide bonds. The average Bonchev–Trinajstić information content (AvgIpc) is 2.76. The Bertz CT molecular complexity index is 339. The van der Waals surface area contributed by atoms with Crippen molar-refractivity contribution in [2.75, 3.05) is 20.6 Å². The molecule has 3 N–H and O–H groups in total. The van der Waals surface area contributed by atoms with Crippen molar-refractivity contribution < 1.29 is 4.79 Å². The van der Waals surface area contributed by atoms with Gasteiger partial charge < -0.3 is 16.0 Å². The Morgan fingerprint density at radius 2 is 1.90 bits per heavy atom. The third kappa shape index (κ3) is 4.42. The SMILES string of the molecule is CC(C)CC(CN(C)C)NC(=O)C1(C(N)=S)CCCC1. The molecule has 1 atom stereocenters. The Hall–Kier alpha value is -0.680. The van der Waals surface area contributed by atoms with E-state index in [4.69, 9.17) is 18.0 Å². The van der Waals surface area contributed by atoms with Crippen LogP contribution in [-0.2, 0) is 4.79 Å². The van der Waals surface area contributed by atoms with Crippen LogP contribution in [0.5, 0.6) is 0 Å². The fraction of sp³-hybridized carbons (Fsp3) is 0.867. The van der Waals surface area contributed by atoms with E-state index in [9.17, 15) is 4.79 Å². The number of nitrogens with two attached hydrogens (primary N) is 1. The van der Waals surface area contributed by atoms with Crippen molar-refractivity contribution in [1.82, 2.24) is 10.2 Å². The van der Waals surface area contributed by atoms with Crippen LogP contribution in [0.15, 0.2) is 0 Å². The van der Waals surface area contributed by atoms with E-state index in [2.05, 4.69) is 24.1 Å². The molecule has 0 radical (unpaired) electrons. The topological polar surface area (TPSA) is 58.4 Å². The summed E-state index contributed by atoms with van der Waals surface area (Å²) in [5.41, 5.74) is 5.27. The minimum atomic E-state index is -0.600. The molecular weight excluding hydrogens is 270 g/mol. The van der Waals surface area contributed by atoms with Gasteiger partial charge in [0.25, 0.3) is 0 Å². The first kappa shape index (κ1) is 17.4. The van der Waals surface area contributed by atoms with Gasteiger partial charge in [-0.25, -0.2) is 0 Å². The lowest BCUT2D eigenvalue weighted by molar-refractivity contribution is -0.128. The summed E-state index contributed by atoms with van der Waals surface area (Å²) in [5.74, 6) is 0.583. The zero-order valence-corrected chi connectivity index (χ0v) is 14.1. The van der Waals surface area contributed by atoms with E-state index in [1.165, 1.54) is 0 Å². The summed E-state index contributed by atoms with van der Waals surface area (Å²) >= 11 is 5.18. The van der Waals surface area contributed by atoms with Crippen LogP contribution >= 0.6 is 12.2 Å². The molecule has 0 saturated heterocycles. The van der Waals surface area contributed by atoms with Crippen molar-refractivity contribution in [3.8, 4) is 0 Å². The zero-order chi connectivity index (χ0) is 15.3. The predicted octanol–water partition coefficient (Wildman–Crippen LogP) is 1.93. The van der Waals surface area contributed by atoms with E-state index >= 15 is 0 Å². The molecule has 0 heterocycles. The van der Waals surface area contributed by atoms with Gasteiger partial charge >= 0.3 is 0 Å². The summed E-state index contributed by atoms with van der Waals surface area (Å²) in [6, 6.07) is 0.157. The lowest BCUT2D eigenvalue weighted by Gasteiger charge is -2.31. The quantitative estimate of drug-likeness (QED) is 0.705. The molecule has 4 nitrogen and oxygen atoms in total. The molecule has 0 aromatic heterocycles. The second-order valence-corrected chi connectivity index (χ2v) is 7.16. The van der Waals surface area contributed by atoms with Gasteiger partial charge in [0.1, 0.15) is 0 Å². The summed E-state index contributed by atoms with van der Waals surface area (Å²) < 4.78 is 0. The van der Waals surface area contributed by atoms with E-state index in [0.29, 0.717) is 10.9 Å². The number of nitrogens with one attached hydrogen (secondary N) is 1. The normalized spacial score (nSPS) is 19.3. The molecule has 0 bridgehead atoms. The Morgan fingerprint density at radius 3 is 2.30 bits per heavy atom. The van der Waals surface area contributed by atoms with E-state index < -0.39 is 5.41 Å². The molecule has 0 spiro atoms. The molecule has 1 rings (SSSR count). The molecule has 1 saturated carbocycles. The molecule has 1 unspecified atom stereocenters. The molecule has 1 fully saturated rings. The lowest BCUT2D eigenvalue weighted by Crippen LogP contribution is -2.52. The highest BCUT2D eigenvalue weighted by atomic mass is 32.1. The number of likely N-dealkylation sites (N-methyl/N-ethyl adjacent to an activating group) is 1. The van der Waals surface area contributed by atoms with Crippen molar-refractivity contribution in [2.45, 2.75) is 52.0 Å². The van der Waals surface area contributed by atoms with Crippen molar-refractivity contribution in [1.29, 1.82) is 0 Å². The Labute approximate surface area is 128 Å². The first-order chi connectivity index (χ1) is 9.28. The van der Waals surface area contributed by atoms with Gasteiger partial charge in [-0.3, -0.25) is 4.79 Å². The third-order valence-electron chi connectivity index (χ3n) is 4.04. The van der Waals surface area contributed by atoms with E-state index in [0.717, 1.165) is 38.6 Å². The Balaban J connectivity index is 2.75. The number of hydrogen-bond donors (Lipinski definition) is 2. The maximum absolute atomic E-state index is 12.7. The minimum Gasteiger partial charge on any atom is -0.392 e. The van der Waals surface area contributed by atoms with Gasteiger partial charge in [-0.05, 0) is 39.3 Å². The fourth-order valence-electron chi connectivity index (χ4n) is 3.08. The minimum absolute atomic E-state index is 0.0370. The smallest absolute Gasteiger partial charge is 0.233 e. The third-order valence-corrected chi connectivity index (χ3v) is 4.43. The molecule has 116 valence electrons. The first-order valence-electron chi connectivity index (χ1n) is 7.53. The first-order valence-corrected chi connectivity index (χ1v) is 7.94. The highest BCUT2D eigenvalue weighted by Gasteiger charge is 2.44. The van der Waals surface area contributed by atoms with E-state index in [-0.39, 0.29) is 11.9 Å². The number of thiocarbonyl (C=S) groups is 1. The highest BCUT2D eigenvalue weighted by molar-refractivity contribution is 7.80. The Morgan fingerprint density at radius 1 is 1.35 bits per heavy atom. The number of nitrogens with zero attached hydrogens (tertiary/aromatic N) is 1. The summed E-state index contributed by atoms with van der Waals surface area (Å²) in [4.78, 5) is 15.2. The van der Waals surface area contributed by atoms with E-state index in [1.54, 1.807) is 0 Å². The number of rotatable bonds is 7. The number of hydrogen-bond acceptors (Lipinski definition) is 3. The molecule has 0 aromatic carbocycles. The van der Waals surface area contributed by atoms with Gasteiger partial charge in [-0.1, -0.05) is 38.9 Å². The van der Waals surface area contributed by atoms with Gasteiger partial charge in [0.2, 0.25) is 5.91 Å². The summed E-state index contributed by atoms with van der Waals surface area (Å²) in [7, 11) is 4.05.